The Hall–Kier alpha value is -1.32. The summed E-state index contributed by atoms with van der Waals surface area (Å²) in [4.78, 5) is 17.5. The third-order valence-corrected chi connectivity index (χ3v) is 3.06. The lowest BCUT2D eigenvalue weighted by molar-refractivity contribution is 0.202. The van der Waals surface area contributed by atoms with Crippen LogP contribution >= 0.6 is 0 Å². The topological polar surface area (TPSA) is 38.1 Å². The van der Waals surface area contributed by atoms with Crippen LogP contribution in [0.25, 0.3) is 0 Å². The van der Waals surface area contributed by atoms with Crippen LogP contribution in [0.15, 0.2) is 18.7 Å². The molecule has 0 aliphatic heterocycles. The van der Waals surface area contributed by atoms with Crippen molar-refractivity contribution in [3.8, 4) is 0 Å². The third-order valence-electron chi connectivity index (χ3n) is 3.06. The minimum absolute atomic E-state index is 0.0133. The fourth-order valence-electron chi connectivity index (χ4n) is 2.23. The highest BCUT2D eigenvalue weighted by molar-refractivity contribution is 5.76. The highest BCUT2D eigenvalue weighted by atomic mass is 16.2. The van der Waals surface area contributed by atoms with Crippen LogP contribution < -0.4 is 0 Å². The first kappa shape index (κ1) is 10.2. The molecule has 0 unspecified atom stereocenters. The lowest BCUT2D eigenvalue weighted by Gasteiger charge is -2.20. The molecule has 1 saturated carbocycles. The van der Waals surface area contributed by atoms with Gasteiger partial charge in [-0.3, -0.25) is 4.57 Å². The fraction of sp³-hybridized carbons (Fsp3) is 0.636. The second-order valence-corrected chi connectivity index (χ2v) is 4.28. The van der Waals surface area contributed by atoms with Crippen LogP contribution in [-0.4, -0.2) is 34.1 Å². The van der Waals surface area contributed by atoms with E-state index >= 15 is 0 Å². The molecule has 2 rings (SSSR count). The van der Waals surface area contributed by atoms with E-state index in [0.717, 1.165) is 6.54 Å². The van der Waals surface area contributed by atoms with Gasteiger partial charge in [0.25, 0.3) is 0 Å². The number of carbonyl (C=O) groups excluding carboxylic acids is 1. The van der Waals surface area contributed by atoms with Crippen molar-refractivity contribution in [3.05, 3.63) is 18.7 Å². The predicted molar refractivity (Wildman–Crippen MR) is 57.6 cm³/mol. The molecule has 0 spiro atoms. The minimum atomic E-state index is 0.0133. The first-order valence-electron chi connectivity index (χ1n) is 5.51. The molecular formula is C11H17N3O. The van der Waals surface area contributed by atoms with Crippen molar-refractivity contribution in [1.82, 2.24) is 14.5 Å². The minimum Gasteiger partial charge on any atom is -0.327 e. The molecule has 1 aliphatic carbocycles. The van der Waals surface area contributed by atoms with Gasteiger partial charge in [0.15, 0.2) is 0 Å². The molecule has 0 radical (unpaired) electrons. The van der Waals surface area contributed by atoms with Crippen LogP contribution in [-0.2, 0) is 0 Å². The van der Waals surface area contributed by atoms with Gasteiger partial charge in [-0.15, -0.1) is 0 Å². The van der Waals surface area contributed by atoms with E-state index in [9.17, 15) is 4.79 Å². The molecule has 4 heteroatoms. The third kappa shape index (κ3) is 2.37. The van der Waals surface area contributed by atoms with E-state index in [1.807, 2.05) is 7.05 Å². The number of hydrogen-bond acceptors (Lipinski definition) is 2. The van der Waals surface area contributed by atoms with Gasteiger partial charge < -0.3 is 4.90 Å². The molecule has 15 heavy (non-hydrogen) atoms. The van der Waals surface area contributed by atoms with Gasteiger partial charge in [-0.05, 0) is 18.8 Å². The second kappa shape index (κ2) is 4.47. The van der Waals surface area contributed by atoms with E-state index in [-0.39, 0.29) is 6.03 Å². The summed E-state index contributed by atoms with van der Waals surface area (Å²) in [6.07, 6.45) is 10.0. The van der Waals surface area contributed by atoms with Crippen LogP contribution in [0.2, 0.25) is 0 Å². The summed E-state index contributed by atoms with van der Waals surface area (Å²) in [5.41, 5.74) is 0. The van der Waals surface area contributed by atoms with Crippen molar-refractivity contribution in [3.63, 3.8) is 0 Å². The van der Waals surface area contributed by atoms with Gasteiger partial charge in [0.1, 0.15) is 6.33 Å². The molecule has 0 N–H and O–H groups in total. The summed E-state index contributed by atoms with van der Waals surface area (Å²) in [6.45, 7) is 0.872. The molecule has 1 aromatic heterocycles. The molecule has 1 aromatic rings. The maximum atomic E-state index is 11.8. The number of amides is 1. The average Bonchev–Trinajstić information content (AvgIpc) is 2.88. The quantitative estimate of drug-likeness (QED) is 0.743. The standard InChI is InChI=1S/C11H17N3O/c1-13(8-10-4-2-3-5-10)11(15)14-7-6-12-9-14/h6-7,9-10H,2-5,8H2,1H3. The zero-order chi connectivity index (χ0) is 10.7. The van der Waals surface area contributed by atoms with E-state index in [1.165, 1.54) is 30.3 Å². The first-order chi connectivity index (χ1) is 7.27. The molecule has 0 aromatic carbocycles. The van der Waals surface area contributed by atoms with Gasteiger partial charge in [-0.1, -0.05) is 12.8 Å². The Labute approximate surface area is 89.9 Å². The van der Waals surface area contributed by atoms with Crippen molar-refractivity contribution >= 4 is 6.03 Å². The van der Waals surface area contributed by atoms with Gasteiger partial charge in [-0.2, -0.15) is 0 Å². The van der Waals surface area contributed by atoms with Crippen molar-refractivity contribution in [2.24, 2.45) is 5.92 Å². The van der Waals surface area contributed by atoms with Crippen molar-refractivity contribution in [2.75, 3.05) is 13.6 Å². The van der Waals surface area contributed by atoms with Crippen LogP contribution in [0.4, 0.5) is 4.79 Å². The molecular weight excluding hydrogens is 190 g/mol. The largest absolute Gasteiger partial charge is 0.329 e. The number of aromatic nitrogens is 2. The van der Waals surface area contributed by atoms with Gasteiger partial charge in [0, 0.05) is 26.0 Å². The van der Waals surface area contributed by atoms with Gasteiger partial charge in [0.05, 0.1) is 0 Å². The van der Waals surface area contributed by atoms with E-state index < -0.39 is 0 Å². The van der Waals surface area contributed by atoms with Gasteiger partial charge in [0.2, 0.25) is 0 Å². The van der Waals surface area contributed by atoms with Crippen LogP contribution in [0.5, 0.6) is 0 Å². The van der Waals surface area contributed by atoms with E-state index in [1.54, 1.807) is 23.6 Å². The highest BCUT2D eigenvalue weighted by Crippen LogP contribution is 2.25. The Balaban J connectivity index is 1.90. The van der Waals surface area contributed by atoms with Gasteiger partial charge in [-0.25, -0.2) is 9.78 Å². The molecule has 1 aliphatic rings. The summed E-state index contributed by atoms with van der Waals surface area (Å²) < 4.78 is 1.52. The van der Waals surface area contributed by atoms with E-state index in [2.05, 4.69) is 4.98 Å². The number of imidazole rings is 1. The summed E-state index contributed by atoms with van der Waals surface area (Å²) in [5, 5.41) is 0. The summed E-state index contributed by atoms with van der Waals surface area (Å²) in [6, 6.07) is 0.0133. The monoisotopic (exact) mass is 207 g/mol. The van der Waals surface area contributed by atoms with Crippen LogP contribution in [0, 0.1) is 5.92 Å². The number of carbonyl (C=O) groups is 1. The molecule has 1 fully saturated rings. The predicted octanol–water partition coefficient (Wildman–Crippen LogP) is 1.97. The zero-order valence-corrected chi connectivity index (χ0v) is 9.09. The zero-order valence-electron chi connectivity index (χ0n) is 9.09. The van der Waals surface area contributed by atoms with Crippen molar-refractivity contribution in [2.45, 2.75) is 25.7 Å². The van der Waals surface area contributed by atoms with Crippen LogP contribution in [0.3, 0.4) is 0 Å². The normalized spacial score (nSPS) is 16.9. The fourth-order valence-corrected chi connectivity index (χ4v) is 2.23. The summed E-state index contributed by atoms with van der Waals surface area (Å²) in [5.74, 6) is 0.697. The molecule has 1 amide bonds. The smallest absolute Gasteiger partial charge is 0.327 e. The maximum Gasteiger partial charge on any atom is 0.329 e. The van der Waals surface area contributed by atoms with Crippen molar-refractivity contribution in [1.29, 1.82) is 0 Å². The Bertz CT molecular complexity index is 315. The Morgan fingerprint density at radius 1 is 1.53 bits per heavy atom. The number of nitrogens with zero attached hydrogens (tertiary/aromatic N) is 3. The number of rotatable bonds is 2. The summed E-state index contributed by atoms with van der Waals surface area (Å²) in [7, 11) is 1.86. The molecule has 0 bridgehead atoms. The maximum absolute atomic E-state index is 11.8. The molecule has 0 atom stereocenters. The Morgan fingerprint density at radius 2 is 2.27 bits per heavy atom. The van der Waals surface area contributed by atoms with E-state index in [0.29, 0.717) is 5.92 Å². The summed E-state index contributed by atoms with van der Waals surface area (Å²) >= 11 is 0. The Kier molecular flexibility index (Phi) is 3.04. The lowest BCUT2D eigenvalue weighted by Crippen LogP contribution is -2.33. The SMILES string of the molecule is CN(CC1CCCC1)C(=O)n1ccnc1. The number of hydrogen-bond donors (Lipinski definition) is 0. The van der Waals surface area contributed by atoms with Gasteiger partial charge >= 0.3 is 6.03 Å². The van der Waals surface area contributed by atoms with Crippen molar-refractivity contribution < 1.29 is 4.79 Å². The van der Waals surface area contributed by atoms with E-state index in [4.69, 9.17) is 0 Å². The molecule has 1 heterocycles. The molecule has 4 nitrogen and oxygen atoms in total. The first-order valence-corrected chi connectivity index (χ1v) is 5.51. The molecule has 0 saturated heterocycles. The average molecular weight is 207 g/mol. The lowest BCUT2D eigenvalue weighted by atomic mass is 10.1. The highest BCUT2D eigenvalue weighted by Gasteiger charge is 2.19. The van der Waals surface area contributed by atoms with Crippen LogP contribution in [0.1, 0.15) is 25.7 Å². The molecule has 82 valence electrons. The second-order valence-electron chi connectivity index (χ2n) is 4.28. The Morgan fingerprint density at radius 3 is 2.87 bits per heavy atom.